The highest BCUT2D eigenvalue weighted by atomic mass is 35.5. The van der Waals surface area contributed by atoms with Gasteiger partial charge in [-0.2, -0.15) is 5.10 Å². The molecule has 0 unspecified atom stereocenters. The number of esters is 1. The predicted octanol–water partition coefficient (Wildman–Crippen LogP) is 3.45. The third-order valence-electron chi connectivity index (χ3n) is 2.91. The van der Waals surface area contributed by atoms with Crippen LogP contribution in [0.2, 0.25) is 5.02 Å². The third kappa shape index (κ3) is 5.61. The van der Waals surface area contributed by atoms with E-state index in [1.54, 1.807) is 24.4 Å². The van der Waals surface area contributed by atoms with E-state index in [0.29, 0.717) is 35.4 Å². The highest BCUT2D eigenvalue weighted by Gasteiger charge is 2.09. The maximum absolute atomic E-state index is 11.4. The van der Waals surface area contributed by atoms with Gasteiger partial charge in [0.15, 0.2) is 11.5 Å². The second kappa shape index (κ2) is 9.24. The van der Waals surface area contributed by atoms with Crippen molar-refractivity contribution in [1.82, 2.24) is 4.98 Å². The smallest absolute Gasteiger partial charge is 0.311 e. The Morgan fingerprint density at radius 3 is 2.96 bits per heavy atom. The average molecular weight is 384 g/mol. The fourth-order valence-electron chi connectivity index (χ4n) is 1.90. The van der Waals surface area contributed by atoms with Crippen molar-refractivity contribution >= 4 is 40.3 Å². The summed E-state index contributed by atoms with van der Waals surface area (Å²) < 4.78 is 10.2. The van der Waals surface area contributed by atoms with Gasteiger partial charge < -0.3 is 14.6 Å². The van der Waals surface area contributed by atoms with Gasteiger partial charge in [0.2, 0.25) is 5.13 Å². The molecule has 1 heterocycles. The lowest BCUT2D eigenvalue weighted by Crippen LogP contribution is -2.07. The molecular formula is C16H18ClN3O4S. The molecule has 2 N–H and O–H groups in total. The number of aromatic nitrogens is 1. The molecule has 0 aliphatic heterocycles. The summed E-state index contributed by atoms with van der Waals surface area (Å²) in [5, 5.41) is 16.4. The van der Waals surface area contributed by atoms with Crippen molar-refractivity contribution in [3.8, 4) is 11.5 Å². The highest BCUT2D eigenvalue weighted by molar-refractivity contribution is 7.13. The number of ether oxygens (including phenoxy) is 2. The van der Waals surface area contributed by atoms with Gasteiger partial charge in [0.1, 0.15) is 0 Å². The standard InChI is InChI=1S/C16H18ClN3O4S/c1-3-23-13-6-10(5-12(17)15(13)22)8-18-20-16-19-11(9-25-16)7-14(21)24-4-2/h5-6,8-9,22H,3-4,7H2,1-2H3,(H,19,20). The number of aromatic hydroxyl groups is 1. The van der Waals surface area contributed by atoms with E-state index >= 15 is 0 Å². The molecule has 2 aromatic rings. The lowest BCUT2D eigenvalue weighted by Gasteiger charge is -2.08. The second-order valence-electron chi connectivity index (χ2n) is 4.78. The number of thiazole rings is 1. The number of carbonyl (C=O) groups excluding carboxylic acids is 1. The fraction of sp³-hybridized carbons (Fsp3) is 0.312. The van der Waals surface area contributed by atoms with Crippen LogP contribution in [0.25, 0.3) is 0 Å². The number of halogens is 1. The first-order valence-corrected chi connectivity index (χ1v) is 8.83. The molecule has 0 saturated carbocycles. The van der Waals surface area contributed by atoms with E-state index < -0.39 is 0 Å². The minimum Gasteiger partial charge on any atom is -0.503 e. The number of rotatable bonds is 8. The van der Waals surface area contributed by atoms with Crippen LogP contribution in [0, 0.1) is 0 Å². The maximum atomic E-state index is 11.4. The third-order valence-corrected chi connectivity index (χ3v) is 3.99. The van der Waals surface area contributed by atoms with E-state index in [1.165, 1.54) is 17.6 Å². The van der Waals surface area contributed by atoms with Crippen molar-refractivity contribution < 1.29 is 19.4 Å². The summed E-state index contributed by atoms with van der Waals surface area (Å²) in [7, 11) is 0. The number of benzene rings is 1. The lowest BCUT2D eigenvalue weighted by atomic mass is 10.2. The van der Waals surface area contributed by atoms with Crippen LogP contribution in [-0.4, -0.2) is 35.5 Å². The first-order chi connectivity index (χ1) is 12.0. The largest absolute Gasteiger partial charge is 0.503 e. The Bertz CT molecular complexity index is 764. The zero-order chi connectivity index (χ0) is 18.2. The van der Waals surface area contributed by atoms with Crippen LogP contribution in [0.5, 0.6) is 11.5 Å². The van der Waals surface area contributed by atoms with Crippen molar-refractivity contribution in [3.05, 3.63) is 33.8 Å². The molecule has 0 saturated heterocycles. The number of phenolic OH excluding ortho intramolecular Hbond substituents is 1. The van der Waals surface area contributed by atoms with Crippen LogP contribution in [0.15, 0.2) is 22.6 Å². The number of phenols is 1. The Morgan fingerprint density at radius 1 is 1.44 bits per heavy atom. The van der Waals surface area contributed by atoms with Crippen LogP contribution < -0.4 is 10.2 Å². The number of hydrazone groups is 1. The van der Waals surface area contributed by atoms with Gasteiger partial charge in [-0.25, -0.2) is 4.98 Å². The summed E-state index contributed by atoms with van der Waals surface area (Å²) >= 11 is 7.29. The number of hydrogen-bond acceptors (Lipinski definition) is 8. The first kappa shape index (κ1) is 19.0. The van der Waals surface area contributed by atoms with Crippen molar-refractivity contribution in [1.29, 1.82) is 0 Å². The average Bonchev–Trinajstić information content (AvgIpc) is 2.99. The molecule has 0 atom stereocenters. The molecule has 0 fully saturated rings. The topological polar surface area (TPSA) is 93.0 Å². The number of nitrogens with zero attached hydrogens (tertiary/aromatic N) is 2. The van der Waals surface area contributed by atoms with Crippen LogP contribution >= 0.6 is 22.9 Å². The maximum Gasteiger partial charge on any atom is 0.311 e. The van der Waals surface area contributed by atoms with Gasteiger partial charge in [-0.3, -0.25) is 10.2 Å². The van der Waals surface area contributed by atoms with Crippen molar-refractivity contribution in [3.63, 3.8) is 0 Å². The fourth-order valence-corrected chi connectivity index (χ4v) is 2.77. The number of nitrogens with one attached hydrogen (secondary N) is 1. The van der Waals surface area contributed by atoms with E-state index in [2.05, 4.69) is 15.5 Å². The van der Waals surface area contributed by atoms with E-state index in [0.717, 1.165) is 0 Å². The van der Waals surface area contributed by atoms with Crippen LogP contribution in [0.1, 0.15) is 25.1 Å². The summed E-state index contributed by atoms with van der Waals surface area (Å²) in [5.41, 5.74) is 4.06. The van der Waals surface area contributed by atoms with E-state index in [4.69, 9.17) is 21.1 Å². The molecule has 0 radical (unpaired) electrons. The molecular weight excluding hydrogens is 366 g/mol. The van der Waals surface area contributed by atoms with E-state index in [1.807, 2.05) is 6.92 Å². The number of anilines is 1. The van der Waals surface area contributed by atoms with E-state index in [-0.39, 0.29) is 23.2 Å². The monoisotopic (exact) mass is 383 g/mol. The minimum atomic E-state index is -0.315. The SMILES string of the molecule is CCOC(=O)Cc1csc(NN=Cc2cc(Cl)c(O)c(OCC)c2)n1. The van der Waals surface area contributed by atoms with Gasteiger partial charge in [-0.15, -0.1) is 11.3 Å². The minimum absolute atomic E-state index is 0.0999. The summed E-state index contributed by atoms with van der Waals surface area (Å²) in [4.78, 5) is 15.7. The molecule has 134 valence electrons. The normalized spacial score (nSPS) is 10.8. The molecule has 0 spiro atoms. The molecule has 0 bridgehead atoms. The molecule has 25 heavy (non-hydrogen) atoms. The zero-order valence-corrected chi connectivity index (χ0v) is 15.4. The Labute approximate surface area is 154 Å². The Hall–Kier alpha value is -2.32. The van der Waals surface area contributed by atoms with Crippen molar-refractivity contribution in [2.45, 2.75) is 20.3 Å². The second-order valence-corrected chi connectivity index (χ2v) is 6.04. The molecule has 1 aromatic carbocycles. The van der Waals surface area contributed by atoms with Crippen molar-refractivity contribution in [2.75, 3.05) is 18.6 Å². The summed E-state index contributed by atoms with van der Waals surface area (Å²) in [6, 6.07) is 3.20. The van der Waals surface area contributed by atoms with E-state index in [9.17, 15) is 9.90 Å². The molecule has 0 amide bonds. The van der Waals surface area contributed by atoms with Gasteiger partial charge in [0.05, 0.1) is 36.6 Å². The Kier molecular flexibility index (Phi) is 7.03. The summed E-state index contributed by atoms with van der Waals surface area (Å²) in [6.07, 6.45) is 1.65. The molecule has 0 aliphatic rings. The van der Waals surface area contributed by atoms with Crippen LogP contribution in [0.4, 0.5) is 5.13 Å². The van der Waals surface area contributed by atoms with Gasteiger partial charge in [0.25, 0.3) is 0 Å². The molecule has 0 aliphatic carbocycles. The summed E-state index contributed by atoms with van der Waals surface area (Å²) in [5.74, 6) is -0.121. The van der Waals surface area contributed by atoms with Crippen LogP contribution in [0.3, 0.4) is 0 Å². The van der Waals surface area contributed by atoms with Gasteiger partial charge >= 0.3 is 5.97 Å². The predicted molar refractivity (Wildman–Crippen MR) is 98.0 cm³/mol. The van der Waals surface area contributed by atoms with Gasteiger partial charge in [0, 0.05) is 5.38 Å². The lowest BCUT2D eigenvalue weighted by molar-refractivity contribution is -0.142. The number of hydrogen-bond donors (Lipinski definition) is 2. The quantitative estimate of drug-likeness (QED) is 0.412. The first-order valence-electron chi connectivity index (χ1n) is 7.57. The zero-order valence-electron chi connectivity index (χ0n) is 13.8. The Morgan fingerprint density at radius 2 is 2.24 bits per heavy atom. The van der Waals surface area contributed by atoms with Gasteiger partial charge in [-0.05, 0) is 31.5 Å². The van der Waals surface area contributed by atoms with Crippen LogP contribution in [-0.2, 0) is 16.0 Å². The summed E-state index contributed by atoms with van der Waals surface area (Å²) in [6.45, 7) is 4.32. The molecule has 7 nitrogen and oxygen atoms in total. The van der Waals surface area contributed by atoms with Gasteiger partial charge in [-0.1, -0.05) is 11.6 Å². The molecule has 2 rings (SSSR count). The number of carbonyl (C=O) groups is 1. The molecule has 1 aromatic heterocycles. The molecule has 9 heteroatoms. The van der Waals surface area contributed by atoms with Crippen molar-refractivity contribution in [2.24, 2.45) is 5.10 Å². The Balaban J connectivity index is 1.99. The highest BCUT2D eigenvalue weighted by Crippen LogP contribution is 2.34.